The topological polar surface area (TPSA) is 86.3 Å². The molecule has 2 N–H and O–H groups in total. The largest absolute Gasteiger partial charge is 0.444 e. The first-order chi connectivity index (χ1) is 14.3. The van der Waals surface area contributed by atoms with Gasteiger partial charge in [0.1, 0.15) is 5.60 Å². The van der Waals surface area contributed by atoms with E-state index in [1.807, 2.05) is 43.9 Å². The maximum atomic E-state index is 12.6. The summed E-state index contributed by atoms with van der Waals surface area (Å²) < 4.78 is 5.36. The highest BCUT2D eigenvalue weighted by atomic mass is 16.6. The number of fused-ring (bicyclic) bond motifs is 1. The summed E-state index contributed by atoms with van der Waals surface area (Å²) in [5.74, 6) is 0.847. The second-order valence-electron chi connectivity index (χ2n) is 8.75. The van der Waals surface area contributed by atoms with Gasteiger partial charge in [-0.05, 0) is 45.2 Å². The zero-order chi connectivity index (χ0) is 21.7. The number of rotatable bonds is 5. The fraction of sp³-hybridized carbons (Fsp3) is 0.591. The van der Waals surface area contributed by atoms with Crippen LogP contribution in [0.15, 0.2) is 29.3 Å². The summed E-state index contributed by atoms with van der Waals surface area (Å²) in [4.78, 5) is 32.3. The van der Waals surface area contributed by atoms with E-state index in [1.54, 1.807) is 11.9 Å². The number of benzene rings is 1. The maximum absolute atomic E-state index is 12.6. The predicted octanol–water partition coefficient (Wildman–Crippen LogP) is 2.14. The number of hydrogen-bond acceptors (Lipinski definition) is 4. The van der Waals surface area contributed by atoms with Gasteiger partial charge in [-0.25, -0.2) is 4.79 Å². The van der Waals surface area contributed by atoms with E-state index < -0.39 is 5.60 Å². The Morgan fingerprint density at radius 1 is 1.23 bits per heavy atom. The summed E-state index contributed by atoms with van der Waals surface area (Å²) in [5.41, 5.74) is 1.81. The normalized spacial score (nSPS) is 16.7. The Morgan fingerprint density at radius 3 is 2.67 bits per heavy atom. The second kappa shape index (κ2) is 9.36. The minimum atomic E-state index is -0.484. The van der Waals surface area contributed by atoms with Gasteiger partial charge < -0.3 is 25.2 Å². The molecule has 164 valence electrons. The minimum absolute atomic E-state index is 0.145. The van der Waals surface area contributed by atoms with Gasteiger partial charge in [-0.2, -0.15) is 0 Å². The van der Waals surface area contributed by atoms with E-state index in [-0.39, 0.29) is 18.0 Å². The summed E-state index contributed by atoms with van der Waals surface area (Å²) in [7, 11) is 1.71. The molecule has 1 saturated heterocycles. The molecule has 2 amide bonds. The quantitative estimate of drug-likeness (QED) is 0.437. The molecule has 2 aliphatic rings. The molecule has 2 aliphatic heterocycles. The third-order valence-electron chi connectivity index (χ3n) is 5.15. The lowest BCUT2D eigenvalue weighted by atomic mass is 10.1. The van der Waals surface area contributed by atoms with Crippen molar-refractivity contribution in [2.24, 2.45) is 4.99 Å². The number of nitrogens with zero attached hydrogens (tertiary/aromatic N) is 3. The molecule has 3 rings (SSSR count). The Labute approximate surface area is 178 Å². The smallest absolute Gasteiger partial charge is 0.410 e. The molecular weight excluding hydrogens is 382 g/mol. The summed E-state index contributed by atoms with van der Waals surface area (Å²) in [5, 5.41) is 6.55. The number of anilines is 1. The van der Waals surface area contributed by atoms with E-state index >= 15 is 0 Å². The Kier molecular flexibility index (Phi) is 6.84. The van der Waals surface area contributed by atoms with Crippen LogP contribution in [0.25, 0.3) is 0 Å². The van der Waals surface area contributed by atoms with Crippen molar-refractivity contribution >= 4 is 23.6 Å². The number of likely N-dealkylation sites (tertiary alicyclic amines) is 1. The van der Waals surface area contributed by atoms with E-state index in [0.29, 0.717) is 32.0 Å². The van der Waals surface area contributed by atoms with E-state index in [0.717, 1.165) is 25.1 Å². The van der Waals surface area contributed by atoms with Crippen LogP contribution in [0, 0.1) is 0 Å². The summed E-state index contributed by atoms with van der Waals surface area (Å²) in [6, 6.07) is 8.25. The van der Waals surface area contributed by atoms with Gasteiger partial charge in [0.05, 0.1) is 6.04 Å². The molecule has 0 bridgehead atoms. The maximum Gasteiger partial charge on any atom is 0.410 e. The molecule has 1 aromatic rings. The Balaban J connectivity index is 1.33. The first-order valence-corrected chi connectivity index (χ1v) is 10.6. The molecule has 1 aromatic carbocycles. The minimum Gasteiger partial charge on any atom is -0.444 e. The molecule has 0 unspecified atom stereocenters. The van der Waals surface area contributed by atoms with Crippen LogP contribution in [0.4, 0.5) is 10.5 Å². The zero-order valence-corrected chi connectivity index (χ0v) is 18.4. The van der Waals surface area contributed by atoms with Crippen molar-refractivity contribution in [1.29, 1.82) is 0 Å². The van der Waals surface area contributed by atoms with Crippen LogP contribution in [0.3, 0.4) is 0 Å². The SMILES string of the molecule is CN=C(NCCCC(=O)N1CCc2ccccc21)NC1CN(C(=O)OC(C)(C)C)C1. The van der Waals surface area contributed by atoms with Crippen molar-refractivity contribution in [1.82, 2.24) is 15.5 Å². The van der Waals surface area contributed by atoms with Crippen LogP contribution in [-0.2, 0) is 16.0 Å². The lowest BCUT2D eigenvalue weighted by Crippen LogP contribution is -2.63. The third kappa shape index (κ3) is 5.64. The van der Waals surface area contributed by atoms with Crippen molar-refractivity contribution in [2.45, 2.75) is 51.7 Å². The van der Waals surface area contributed by atoms with Gasteiger partial charge in [0.15, 0.2) is 5.96 Å². The fourth-order valence-electron chi connectivity index (χ4n) is 3.61. The van der Waals surface area contributed by atoms with E-state index in [9.17, 15) is 9.59 Å². The third-order valence-corrected chi connectivity index (χ3v) is 5.15. The average Bonchev–Trinajstić information content (AvgIpc) is 3.08. The van der Waals surface area contributed by atoms with Gasteiger partial charge in [-0.3, -0.25) is 9.79 Å². The average molecular weight is 416 g/mol. The number of carbonyl (C=O) groups is 2. The Bertz CT molecular complexity index is 796. The Morgan fingerprint density at radius 2 is 1.97 bits per heavy atom. The molecule has 0 saturated carbocycles. The van der Waals surface area contributed by atoms with Crippen LogP contribution in [-0.4, -0.2) is 67.7 Å². The van der Waals surface area contributed by atoms with Crippen LogP contribution < -0.4 is 15.5 Å². The van der Waals surface area contributed by atoms with Gasteiger partial charge >= 0.3 is 6.09 Å². The van der Waals surface area contributed by atoms with Crippen LogP contribution in [0.2, 0.25) is 0 Å². The molecule has 8 nitrogen and oxygen atoms in total. The summed E-state index contributed by atoms with van der Waals surface area (Å²) in [6.45, 7) is 8.18. The number of hydrogen-bond donors (Lipinski definition) is 2. The summed E-state index contributed by atoms with van der Waals surface area (Å²) in [6.07, 6.45) is 1.87. The Hall–Kier alpha value is -2.77. The first-order valence-electron chi connectivity index (χ1n) is 10.6. The van der Waals surface area contributed by atoms with E-state index in [4.69, 9.17) is 4.74 Å². The fourth-order valence-corrected chi connectivity index (χ4v) is 3.61. The molecule has 0 radical (unpaired) electrons. The lowest BCUT2D eigenvalue weighted by molar-refractivity contribution is -0.118. The molecule has 2 heterocycles. The van der Waals surface area contributed by atoms with Crippen molar-refractivity contribution in [3.05, 3.63) is 29.8 Å². The number of nitrogens with one attached hydrogen (secondary N) is 2. The molecule has 0 spiro atoms. The zero-order valence-electron chi connectivity index (χ0n) is 18.4. The summed E-state index contributed by atoms with van der Waals surface area (Å²) >= 11 is 0. The molecule has 1 fully saturated rings. The number of guanidine groups is 1. The van der Waals surface area contributed by atoms with E-state index in [1.165, 1.54) is 5.56 Å². The second-order valence-corrected chi connectivity index (χ2v) is 8.75. The lowest BCUT2D eigenvalue weighted by Gasteiger charge is -2.40. The predicted molar refractivity (Wildman–Crippen MR) is 118 cm³/mol. The molecular formula is C22H33N5O3. The highest BCUT2D eigenvalue weighted by Gasteiger charge is 2.34. The highest BCUT2D eigenvalue weighted by molar-refractivity contribution is 5.95. The van der Waals surface area contributed by atoms with Crippen molar-refractivity contribution < 1.29 is 14.3 Å². The number of para-hydroxylation sites is 1. The van der Waals surface area contributed by atoms with E-state index in [2.05, 4.69) is 21.7 Å². The standard InChI is InChI=1S/C22H33N5O3/c1-22(2,3)30-21(29)26-14-17(15-26)25-20(23-4)24-12-7-10-19(28)27-13-11-16-8-5-6-9-18(16)27/h5-6,8-9,17H,7,10-15H2,1-4H3,(H2,23,24,25). The molecule has 0 atom stereocenters. The molecule has 30 heavy (non-hydrogen) atoms. The van der Waals surface area contributed by atoms with Gasteiger partial charge in [0.25, 0.3) is 0 Å². The number of amides is 2. The molecule has 0 aromatic heterocycles. The van der Waals surface area contributed by atoms with Gasteiger partial charge in [-0.1, -0.05) is 18.2 Å². The number of ether oxygens (including phenoxy) is 1. The number of aliphatic imine (C=N–C) groups is 1. The highest BCUT2D eigenvalue weighted by Crippen LogP contribution is 2.28. The van der Waals surface area contributed by atoms with Crippen LogP contribution >= 0.6 is 0 Å². The first kappa shape index (κ1) is 21.9. The van der Waals surface area contributed by atoms with Crippen LogP contribution in [0.5, 0.6) is 0 Å². The van der Waals surface area contributed by atoms with Crippen molar-refractivity contribution in [2.75, 3.05) is 38.1 Å². The van der Waals surface area contributed by atoms with Gasteiger partial charge in [0.2, 0.25) is 5.91 Å². The van der Waals surface area contributed by atoms with Crippen LogP contribution in [0.1, 0.15) is 39.2 Å². The van der Waals surface area contributed by atoms with Crippen molar-refractivity contribution in [3.8, 4) is 0 Å². The molecule has 8 heteroatoms. The molecule has 0 aliphatic carbocycles. The van der Waals surface area contributed by atoms with Gasteiger partial charge in [-0.15, -0.1) is 0 Å². The van der Waals surface area contributed by atoms with Crippen molar-refractivity contribution in [3.63, 3.8) is 0 Å². The monoisotopic (exact) mass is 415 g/mol. The number of carbonyl (C=O) groups excluding carboxylic acids is 2. The van der Waals surface area contributed by atoms with Gasteiger partial charge in [0, 0.05) is 45.3 Å².